The lowest BCUT2D eigenvalue weighted by Gasteiger charge is -2.16. The fourth-order valence-electron chi connectivity index (χ4n) is 2.15. The zero-order chi connectivity index (χ0) is 13.0. The number of nitrogens with zero attached hydrogens (tertiary/aromatic N) is 2. The fourth-order valence-corrected chi connectivity index (χ4v) is 2.15. The average molecular weight is 243 g/mol. The third-order valence-corrected chi connectivity index (χ3v) is 3.18. The Balaban J connectivity index is 1.99. The van der Waals surface area contributed by atoms with Crippen molar-refractivity contribution >= 4 is 11.6 Å². The van der Waals surface area contributed by atoms with Gasteiger partial charge in [-0.3, -0.25) is 4.79 Å². The van der Waals surface area contributed by atoms with Crippen LogP contribution in [0.1, 0.15) is 24.0 Å². The van der Waals surface area contributed by atoms with Gasteiger partial charge >= 0.3 is 0 Å². The van der Waals surface area contributed by atoms with Crippen molar-refractivity contribution in [2.75, 3.05) is 25.0 Å². The van der Waals surface area contributed by atoms with Crippen LogP contribution in [0.25, 0.3) is 0 Å². The monoisotopic (exact) mass is 243 g/mol. The van der Waals surface area contributed by atoms with Gasteiger partial charge in [-0.25, -0.2) is 0 Å². The number of anilines is 1. The SMILES string of the molecule is Cc1ccc(C#N)c(NCC(=O)N2CCCC2)c1. The van der Waals surface area contributed by atoms with E-state index < -0.39 is 0 Å². The molecule has 0 unspecified atom stereocenters. The molecule has 1 aromatic rings. The molecule has 1 amide bonds. The number of hydrogen-bond donors (Lipinski definition) is 1. The maximum atomic E-state index is 11.9. The van der Waals surface area contributed by atoms with Gasteiger partial charge in [-0.15, -0.1) is 0 Å². The van der Waals surface area contributed by atoms with Crippen molar-refractivity contribution in [2.45, 2.75) is 19.8 Å². The zero-order valence-electron chi connectivity index (χ0n) is 10.6. The minimum Gasteiger partial charge on any atom is -0.375 e. The molecule has 1 aliphatic rings. The first-order valence-electron chi connectivity index (χ1n) is 6.23. The lowest BCUT2D eigenvalue weighted by atomic mass is 10.1. The Hall–Kier alpha value is -2.02. The quantitative estimate of drug-likeness (QED) is 0.882. The maximum Gasteiger partial charge on any atom is 0.241 e. The van der Waals surface area contributed by atoms with Gasteiger partial charge in [-0.1, -0.05) is 6.07 Å². The van der Waals surface area contributed by atoms with Gasteiger partial charge in [0.15, 0.2) is 0 Å². The van der Waals surface area contributed by atoms with Crippen molar-refractivity contribution in [3.8, 4) is 6.07 Å². The van der Waals surface area contributed by atoms with Gasteiger partial charge in [0, 0.05) is 13.1 Å². The summed E-state index contributed by atoms with van der Waals surface area (Å²) in [6.45, 7) is 3.95. The summed E-state index contributed by atoms with van der Waals surface area (Å²) < 4.78 is 0. The van der Waals surface area contributed by atoms with Gasteiger partial charge in [-0.05, 0) is 37.5 Å². The first-order chi connectivity index (χ1) is 8.70. The second-order valence-corrected chi connectivity index (χ2v) is 4.60. The van der Waals surface area contributed by atoms with Gasteiger partial charge < -0.3 is 10.2 Å². The number of likely N-dealkylation sites (tertiary alicyclic amines) is 1. The third kappa shape index (κ3) is 2.80. The van der Waals surface area contributed by atoms with Gasteiger partial charge in [0.1, 0.15) is 6.07 Å². The van der Waals surface area contributed by atoms with Crippen LogP contribution in [0, 0.1) is 18.3 Å². The number of rotatable bonds is 3. The van der Waals surface area contributed by atoms with Crippen molar-refractivity contribution in [1.82, 2.24) is 4.90 Å². The third-order valence-electron chi connectivity index (χ3n) is 3.18. The van der Waals surface area contributed by atoms with E-state index in [1.165, 1.54) is 0 Å². The molecule has 1 aromatic carbocycles. The van der Waals surface area contributed by atoms with Gasteiger partial charge in [0.05, 0.1) is 17.8 Å². The smallest absolute Gasteiger partial charge is 0.241 e. The van der Waals surface area contributed by atoms with Crippen molar-refractivity contribution in [3.05, 3.63) is 29.3 Å². The molecule has 1 saturated heterocycles. The average Bonchev–Trinajstić information content (AvgIpc) is 2.90. The minimum atomic E-state index is 0.109. The maximum absolute atomic E-state index is 11.9. The predicted octanol–water partition coefficient (Wildman–Crippen LogP) is 1.90. The predicted molar refractivity (Wildman–Crippen MR) is 70.2 cm³/mol. The van der Waals surface area contributed by atoms with Gasteiger partial charge in [0.2, 0.25) is 5.91 Å². The molecule has 0 atom stereocenters. The van der Waals surface area contributed by atoms with Crippen molar-refractivity contribution < 1.29 is 4.79 Å². The molecule has 4 heteroatoms. The van der Waals surface area contributed by atoms with E-state index in [9.17, 15) is 4.79 Å². The van der Waals surface area contributed by atoms with E-state index in [2.05, 4.69) is 11.4 Å². The molecular weight excluding hydrogens is 226 g/mol. The van der Waals surface area contributed by atoms with E-state index in [1.807, 2.05) is 24.0 Å². The summed E-state index contributed by atoms with van der Waals surface area (Å²) >= 11 is 0. The second kappa shape index (κ2) is 5.54. The van der Waals surface area contributed by atoms with Crippen LogP contribution in [-0.4, -0.2) is 30.4 Å². The summed E-state index contributed by atoms with van der Waals surface area (Å²) in [6, 6.07) is 7.70. The molecule has 0 saturated carbocycles. The molecule has 0 radical (unpaired) electrons. The van der Waals surface area contributed by atoms with Gasteiger partial charge in [-0.2, -0.15) is 5.26 Å². The molecule has 1 aliphatic heterocycles. The number of carbonyl (C=O) groups excluding carboxylic acids is 1. The number of hydrogen-bond acceptors (Lipinski definition) is 3. The number of amides is 1. The van der Waals surface area contributed by atoms with E-state index in [0.29, 0.717) is 5.56 Å². The highest BCUT2D eigenvalue weighted by molar-refractivity contribution is 5.81. The number of nitriles is 1. The summed E-state index contributed by atoms with van der Waals surface area (Å²) in [7, 11) is 0. The largest absolute Gasteiger partial charge is 0.375 e. The molecule has 0 spiro atoms. The Morgan fingerprint density at radius 1 is 1.44 bits per heavy atom. The fraction of sp³-hybridized carbons (Fsp3) is 0.429. The molecule has 0 bridgehead atoms. The summed E-state index contributed by atoms with van der Waals surface area (Å²) in [4.78, 5) is 13.8. The van der Waals surface area contributed by atoms with Crippen LogP contribution in [0.3, 0.4) is 0 Å². The van der Waals surface area contributed by atoms with E-state index in [-0.39, 0.29) is 12.5 Å². The molecule has 1 N–H and O–H groups in total. The summed E-state index contributed by atoms with van der Waals surface area (Å²) in [5, 5.41) is 12.1. The highest BCUT2D eigenvalue weighted by Gasteiger charge is 2.17. The Labute approximate surface area is 107 Å². The first kappa shape index (κ1) is 12.4. The normalized spacial score (nSPS) is 14.3. The number of benzene rings is 1. The molecule has 1 heterocycles. The lowest BCUT2D eigenvalue weighted by molar-refractivity contribution is -0.128. The highest BCUT2D eigenvalue weighted by atomic mass is 16.2. The van der Waals surface area contributed by atoms with Crippen molar-refractivity contribution in [3.63, 3.8) is 0 Å². The van der Waals surface area contributed by atoms with Crippen molar-refractivity contribution in [2.24, 2.45) is 0 Å². The van der Waals surface area contributed by atoms with Crippen LogP contribution >= 0.6 is 0 Å². The molecule has 18 heavy (non-hydrogen) atoms. The minimum absolute atomic E-state index is 0.109. The standard InChI is InChI=1S/C14H17N3O/c1-11-4-5-12(9-15)13(8-11)16-10-14(18)17-6-2-3-7-17/h4-5,8,16H,2-3,6-7,10H2,1H3. The Morgan fingerprint density at radius 2 is 2.17 bits per heavy atom. The van der Waals surface area contributed by atoms with Crippen LogP contribution < -0.4 is 5.32 Å². The van der Waals surface area contributed by atoms with Crippen LogP contribution in [0.5, 0.6) is 0 Å². The molecule has 0 aliphatic carbocycles. The number of nitrogens with one attached hydrogen (secondary N) is 1. The number of aryl methyl sites for hydroxylation is 1. The topological polar surface area (TPSA) is 56.1 Å². The summed E-state index contributed by atoms with van der Waals surface area (Å²) in [5.41, 5.74) is 2.39. The number of carbonyl (C=O) groups is 1. The van der Waals surface area contributed by atoms with E-state index in [4.69, 9.17) is 5.26 Å². The van der Waals surface area contributed by atoms with Crippen LogP contribution in [0.4, 0.5) is 5.69 Å². The first-order valence-corrected chi connectivity index (χ1v) is 6.23. The molecule has 94 valence electrons. The molecule has 0 aromatic heterocycles. The van der Waals surface area contributed by atoms with Gasteiger partial charge in [0.25, 0.3) is 0 Å². The Kier molecular flexibility index (Phi) is 3.83. The van der Waals surface area contributed by atoms with Crippen LogP contribution in [0.15, 0.2) is 18.2 Å². The van der Waals surface area contributed by atoms with Crippen LogP contribution in [0.2, 0.25) is 0 Å². The molecule has 4 nitrogen and oxygen atoms in total. The Bertz CT molecular complexity index is 484. The van der Waals surface area contributed by atoms with Crippen molar-refractivity contribution in [1.29, 1.82) is 5.26 Å². The van der Waals surface area contributed by atoms with Crippen LogP contribution in [-0.2, 0) is 4.79 Å². The molecular formula is C14H17N3O. The molecule has 2 rings (SSSR count). The lowest BCUT2D eigenvalue weighted by Crippen LogP contribution is -2.33. The Morgan fingerprint density at radius 3 is 2.83 bits per heavy atom. The summed E-state index contributed by atoms with van der Waals surface area (Å²) in [5.74, 6) is 0.109. The summed E-state index contributed by atoms with van der Waals surface area (Å²) in [6.07, 6.45) is 2.19. The molecule has 1 fully saturated rings. The van der Waals surface area contributed by atoms with E-state index >= 15 is 0 Å². The highest BCUT2D eigenvalue weighted by Crippen LogP contribution is 2.16. The second-order valence-electron chi connectivity index (χ2n) is 4.60. The van der Waals surface area contributed by atoms with E-state index in [1.54, 1.807) is 6.07 Å². The zero-order valence-corrected chi connectivity index (χ0v) is 10.6. The van der Waals surface area contributed by atoms with E-state index in [0.717, 1.165) is 37.2 Å².